The number of para-hydroxylation sites is 1. The van der Waals surface area contributed by atoms with E-state index in [2.05, 4.69) is 92.0 Å². The third-order valence-corrected chi connectivity index (χ3v) is 5.66. The largest absolute Gasteiger partial charge is 0.483 e. The fraction of sp³-hybridized carbons (Fsp3) is 0.348. The zero-order valence-electron chi connectivity index (χ0n) is 17.2. The highest BCUT2D eigenvalue weighted by Crippen LogP contribution is 2.51. The van der Waals surface area contributed by atoms with E-state index in [0.29, 0.717) is 0 Å². The molecule has 0 N–H and O–H groups in total. The number of nitrogens with zero attached hydrogens (tertiary/aromatic N) is 4. The Balaban J connectivity index is 1.83. The van der Waals surface area contributed by atoms with E-state index in [9.17, 15) is 0 Å². The Hall–Kier alpha value is -2.79. The van der Waals surface area contributed by atoms with Crippen molar-refractivity contribution < 1.29 is 4.74 Å². The maximum atomic E-state index is 6.36. The van der Waals surface area contributed by atoms with Crippen molar-refractivity contribution in [2.45, 2.75) is 26.0 Å². The standard InChI is InChI=1S/C23H26N4O/c1-23(2)11-10-16-19(28-23)14-18-20-21(24-27(18)13-12-25(3)4)15-8-6-7-9-17(15)26(5)22(16)20/h6-11,14H,12-13H2,1-5H3. The van der Waals surface area contributed by atoms with Crippen molar-refractivity contribution in [2.24, 2.45) is 0 Å². The van der Waals surface area contributed by atoms with Crippen LogP contribution in [-0.2, 0) is 6.54 Å². The van der Waals surface area contributed by atoms with E-state index < -0.39 is 0 Å². The average Bonchev–Trinajstić information content (AvgIpc) is 3.01. The van der Waals surface area contributed by atoms with E-state index in [1.807, 2.05) is 0 Å². The lowest BCUT2D eigenvalue weighted by Gasteiger charge is -2.33. The van der Waals surface area contributed by atoms with Crippen LogP contribution in [0.1, 0.15) is 19.4 Å². The van der Waals surface area contributed by atoms with E-state index in [1.165, 1.54) is 22.3 Å². The Labute approximate surface area is 165 Å². The third kappa shape index (κ3) is 2.46. The minimum Gasteiger partial charge on any atom is -0.483 e. The van der Waals surface area contributed by atoms with Crippen molar-refractivity contribution in [1.29, 1.82) is 0 Å². The van der Waals surface area contributed by atoms with Crippen LogP contribution in [0.3, 0.4) is 0 Å². The van der Waals surface area contributed by atoms with Gasteiger partial charge in [0.2, 0.25) is 0 Å². The molecule has 0 unspecified atom stereocenters. The minimum atomic E-state index is -0.310. The molecule has 0 radical (unpaired) electrons. The summed E-state index contributed by atoms with van der Waals surface area (Å²) in [5.74, 6) is 0.929. The molecule has 0 amide bonds. The van der Waals surface area contributed by atoms with Crippen molar-refractivity contribution >= 4 is 28.4 Å². The zero-order chi connectivity index (χ0) is 19.6. The van der Waals surface area contributed by atoms with Crippen LogP contribution in [0.15, 0.2) is 36.4 Å². The van der Waals surface area contributed by atoms with Crippen LogP contribution in [0.5, 0.6) is 5.75 Å². The maximum absolute atomic E-state index is 6.36. The molecule has 2 aliphatic rings. The van der Waals surface area contributed by atoms with Crippen LogP contribution in [0.25, 0.3) is 28.2 Å². The molecular formula is C23H26N4O. The predicted octanol–water partition coefficient (Wildman–Crippen LogP) is 4.53. The first-order valence-corrected chi connectivity index (χ1v) is 9.79. The smallest absolute Gasteiger partial charge is 0.132 e. The molecule has 0 saturated carbocycles. The summed E-state index contributed by atoms with van der Waals surface area (Å²) in [7, 11) is 6.33. The summed E-state index contributed by atoms with van der Waals surface area (Å²) in [6.45, 7) is 5.96. The summed E-state index contributed by atoms with van der Waals surface area (Å²) < 4.78 is 8.49. The van der Waals surface area contributed by atoms with Crippen molar-refractivity contribution in [2.75, 3.05) is 32.6 Å². The van der Waals surface area contributed by atoms with Gasteiger partial charge in [-0.15, -0.1) is 0 Å². The van der Waals surface area contributed by atoms with Crippen molar-refractivity contribution in [3.63, 3.8) is 0 Å². The van der Waals surface area contributed by atoms with E-state index in [-0.39, 0.29) is 5.60 Å². The number of hydrogen-bond donors (Lipinski definition) is 0. The van der Waals surface area contributed by atoms with E-state index in [0.717, 1.165) is 35.6 Å². The van der Waals surface area contributed by atoms with Gasteiger partial charge in [-0.3, -0.25) is 4.68 Å². The van der Waals surface area contributed by atoms with Crippen LogP contribution in [0.2, 0.25) is 0 Å². The number of rotatable bonds is 3. The molecule has 0 aliphatic carbocycles. The molecule has 2 aliphatic heterocycles. The summed E-state index contributed by atoms with van der Waals surface area (Å²) in [5, 5.41) is 6.27. The van der Waals surface area contributed by atoms with Crippen molar-refractivity contribution in [1.82, 2.24) is 14.7 Å². The number of fused-ring (bicyclic) bond motifs is 4. The second-order valence-corrected chi connectivity index (χ2v) is 8.52. The van der Waals surface area contributed by atoms with Gasteiger partial charge in [-0.25, -0.2) is 0 Å². The topological polar surface area (TPSA) is 33.5 Å². The fourth-order valence-corrected chi connectivity index (χ4v) is 4.24. The SMILES string of the molecule is CN(C)CCn1nc2c3c(c4c(cc31)OC(C)(C)C=C4)N(C)c1ccccc1-2. The second kappa shape index (κ2) is 5.85. The molecular weight excluding hydrogens is 348 g/mol. The van der Waals surface area contributed by atoms with Crippen LogP contribution < -0.4 is 9.64 Å². The molecule has 2 aromatic carbocycles. The lowest BCUT2D eigenvalue weighted by atomic mass is 9.93. The molecule has 0 bridgehead atoms. The highest BCUT2D eigenvalue weighted by atomic mass is 16.5. The molecule has 5 nitrogen and oxygen atoms in total. The van der Waals surface area contributed by atoms with Gasteiger partial charge < -0.3 is 14.5 Å². The lowest BCUT2D eigenvalue weighted by Crippen LogP contribution is -2.28. The Bertz CT molecular complexity index is 1120. The lowest BCUT2D eigenvalue weighted by molar-refractivity contribution is 0.159. The summed E-state index contributed by atoms with van der Waals surface area (Å²) >= 11 is 0. The molecule has 5 heteroatoms. The molecule has 0 atom stereocenters. The van der Waals surface area contributed by atoms with Gasteiger partial charge >= 0.3 is 0 Å². The third-order valence-electron chi connectivity index (χ3n) is 5.66. The summed E-state index contributed by atoms with van der Waals surface area (Å²) in [6.07, 6.45) is 4.35. The van der Waals surface area contributed by atoms with Crippen LogP contribution >= 0.6 is 0 Å². The van der Waals surface area contributed by atoms with E-state index in [1.54, 1.807) is 0 Å². The van der Waals surface area contributed by atoms with Crippen LogP contribution in [0, 0.1) is 0 Å². The molecule has 0 saturated heterocycles. The zero-order valence-corrected chi connectivity index (χ0v) is 17.2. The minimum absolute atomic E-state index is 0.310. The normalized spacial score (nSPS) is 16.3. The Kier molecular flexibility index (Phi) is 3.62. The van der Waals surface area contributed by atoms with Crippen LogP contribution in [0.4, 0.5) is 11.4 Å². The molecule has 3 aromatic rings. The van der Waals surface area contributed by atoms with E-state index >= 15 is 0 Å². The van der Waals surface area contributed by atoms with Crippen molar-refractivity contribution in [3.8, 4) is 17.0 Å². The van der Waals surface area contributed by atoms with Gasteiger partial charge in [0.15, 0.2) is 0 Å². The van der Waals surface area contributed by atoms with Gasteiger partial charge in [0.25, 0.3) is 0 Å². The molecule has 5 rings (SSSR count). The highest BCUT2D eigenvalue weighted by molar-refractivity contribution is 6.13. The number of ether oxygens (including phenoxy) is 1. The number of likely N-dealkylation sites (N-methyl/N-ethyl adjacent to an activating group) is 1. The van der Waals surface area contributed by atoms with Gasteiger partial charge in [0, 0.05) is 30.8 Å². The number of hydrogen-bond acceptors (Lipinski definition) is 4. The second-order valence-electron chi connectivity index (χ2n) is 8.52. The molecule has 0 fully saturated rings. The maximum Gasteiger partial charge on any atom is 0.132 e. The van der Waals surface area contributed by atoms with Gasteiger partial charge in [-0.05, 0) is 46.2 Å². The highest BCUT2D eigenvalue weighted by Gasteiger charge is 2.32. The predicted molar refractivity (Wildman–Crippen MR) is 116 cm³/mol. The molecule has 28 heavy (non-hydrogen) atoms. The first-order chi connectivity index (χ1) is 13.4. The number of anilines is 2. The van der Waals surface area contributed by atoms with Gasteiger partial charge in [-0.2, -0.15) is 5.10 Å². The molecule has 1 aromatic heterocycles. The number of benzene rings is 2. The van der Waals surface area contributed by atoms with Gasteiger partial charge in [0.1, 0.15) is 17.0 Å². The molecule has 3 heterocycles. The molecule has 0 spiro atoms. The first kappa shape index (κ1) is 17.3. The summed E-state index contributed by atoms with van der Waals surface area (Å²) in [4.78, 5) is 4.47. The Morgan fingerprint density at radius 3 is 2.75 bits per heavy atom. The monoisotopic (exact) mass is 374 g/mol. The van der Waals surface area contributed by atoms with Gasteiger partial charge in [0.05, 0.1) is 28.8 Å². The Morgan fingerprint density at radius 1 is 1.18 bits per heavy atom. The van der Waals surface area contributed by atoms with E-state index in [4.69, 9.17) is 9.84 Å². The fourth-order valence-electron chi connectivity index (χ4n) is 4.24. The molecule has 144 valence electrons. The van der Waals surface area contributed by atoms with Crippen LogP contribution in [-0.4, -0.2) is 48.0 Å². The Morgan fingerprint density at radius 2 is 1.96 bits per heavy atom. The van der Waals surface area contributed by atoms with Crippen molar-refractivity contribution in [3.05, 3.63) is 42.0 Å². The summed E-state index contributed by atoms with van der Waals surface area (Å²) in [6, 6.07) is 10.7. The first-order valence-electron chi connectivity index (χ1n) is 9.79. The van der Waals surface area contributed by atoms with Gasteiger partial charge in [-0.1, -0.05) is 18.2 Å². The average molecular weight is 374 g/mol. The quantitative estimate of drug-likeness (QED) is 0.674. The summed E-state index contributed by atoms with van der Waals surface area (Å²) in [5.41, 5.74) is 6.58. The number of aromatic nitrogens is 2.